The highest BCUT2D eigenvalue weighted by Gasteiger charge is 2.10. The summed E-state index contributed by atoms with van der Waals surface area (Å²) in [6.45, 7) is 9.73. The molecule has 2 rings (SSSR count). The fourth-order valence-electron chi connectivity index (χ4n) is 2.52. The molecule has 1 heterocycles. The van der Waals surface area contributed by atoms with Gasteiger partial charge in [-0.1, -0.05) is 13.3 Å². The van der Waals surface area contributed by atoms with E-state index in [0.717, 1.165) is 69.3 Å². The van der Waals surface area contributed by atoms with E-state index < -0.39 is 0 Å². The van der Waals surface area contributed by atoms with E-state index in [2.05, 4.69) is 22.5 Å². The van der Waals surface area contributed by atoms with Crippen molar-refractivity contribution in [2.75, 3.05) is 51.3 Å². The Bertz CT molecular complexity index is 516. The molecule has 0 bridgehead atoms. The molecule has 6 heteroatoms. The van der Waals surface area contributed by atoms with Crippen LogP contribution in [-0.4, -0.2) is 56.9 Å². The number of benzene rings is 1. The predicted molar refractivity (Wildman–Crippen MR) is 95.9 cm³/mol. The number of hydrogen-bond acceptors (Lipinski definition) is 4. The third-order valence-electron chi connectivity index (χ3n) is 4.03. The van der Waals surface area contributed by atoms with Crippen molar-refractivity contribution < 1.29 is 14.3 Å². The molecule has 1 saturated heterocycles. The quantitative estimate of drug-likeness (QED) is 0.717. The van der Waals surface area contributed by atoms with Crippen LogP contribution in [0.25, 0.3) is 0 Å². The maximum atomic E-state index is 12.0. The van der Waals surface area contributed by atoms with Crippen molar-refractivity contribution in [3.63, 3.8) is 0 Å². The second-order valence-corrected chi connectivity index (χ2v) is 6.01. The lowest BCUT2D eigenvalue weighted by Gasteiger charge is -2.26. The predicted octanol–water partition coefficient (Wildman–Crippen LogP) is 2.63. The summed E-state index contributed by atoms with van der Waals surface area (Å²) in [5.41, 5.74) is 1.80. The second kappa shape index (κ2) is 10.2. The van der Waals surface area contributed by atoms with Crippen molar-refractivity contribution in [2.45, 2.75) is 26.7 Å². The molecule has 134 valence electrons. The van der Waals surface area contributed by atoms with Crippen LogP contribution in [0.2, 0.25) is 0 Å². The number of hydrogen-bond donors (Lipinski definition) is 2. The summed E-state index contributed by atoms with van der Waals surface area (Å²) in [7, 11) is 0. The maximum Gasteiger partial charge on any atom is 0.319 e. The molecule has 0 atom stereocenters. The maximum absolute atomic E-state index is 12.0. The molecule has 0 spiro atoms. The Labute approximate surface area is 144 Å². The summed E-state index contributed by atoms with van der Waals surface area (Å²) in [5, 5.41) is 5.79. The van der Waals surface area contributed by atoms with Gasteiger partial charge in [0, 0.05) is 31.9 Å². The molecule has 2 N–H and O–H groups in total. The van der Waals surface area contributed by atoms with Gasteiger partial charge in [-0.2, -0.15) is 0 Å². The van der Waals surface area contributed by atoms with Gasteiger partial charge in [-0.3, -0.25) is 4.90 Å². The zero-order valence-electron chi connectivity index (χ0n) is 14.8. The van der Waals surface area contributed by atoms with Gasteiger partial charge in [0.2, 0.25) is 0 Å². The number of carbonyl (C=O) groups excluding carboxylic acids is 1. The number of morpholine rings is 1. The number of nitrogens with zero attached hydrogens (tertiary/aromatic N) is 1. The standard InChI is InChI=1S/C18H29N3O3/c1-3-4-11-24-16-5-6-17(15(2)14-16)20-18(22)19-7-8-21-9-12-23-13-10-21/h5-6,14H,3-4,7-13H2,1-2H3,(H2,19,20,22). The van der Waals surface area contributed by atoms with E-state index in [0.29, 0.717) is 6.54 Å². The largest absolute Gasteiger partial charge is 0.494 e. The number of ether oxygens (including phenoxy) is 2. The van der Waals surface area contributed by atoms with Crippen molar-refractivity contribution in [3.8, 4) is 5.75 Å². The average molecular weight is 335 g/mol. The highest BCUT2D eigenvalue weighted by atomic mass is 16.5. The minimum absolute atomic E-state index is 0.175. The molecule has 0 saturated carbocycles. The van der Waals surface area contributed by atoms with E-state index in [4.69, 9.17) is 9.47 Å². The molecule has 0 aromatic heterocycles. The summed E-state index contributed by atoms with van der Waals surface area (Å²) in [4.78, 5) is 14.3. The smallest absolute Gasteiger partial charge is 0.319 e. The number of carbonyl (C=O) groups is 1. The van der Waals surface area contributed by atoms with Crippen LogP contribution in [0.1, 0.15) is 25.3 Å². The number of urea groups is 1. The van der Waals surface area contributed by atoms with Crippen LogP contribution in [-0.2, 0) is 4.74 Å². The van der Waals surface area contributed by atoms with Gasteiger partial charge < -0.3 is 20.1 Å². The lowest BCUT2D eigenvalue weighted by atomic mass is 10.2. The lowest BCUT2D eigenvalue weighted by molar-refractivity contribution is 0.0388. The number of rotatable bonds is 8. The van der Waals surface area contributed by atoms with Crippen LogP contribution in [0, 0.1) is 6.92 Å². The number of unbranched alkanes of at least 4 members (excludes halogenated alkanes) is 1. The number of nitrogens with one attached hydrogen (secondary N) is 2. The monoisotopic (exact) mass is 335 g/mol. The van der Waals surface area contributed by atoms with Crippen molar-refractivity contribution in [1.29, 1.82) is 0 Å². The summed E-state index contributed by atoms with van der Waals surface area (Å²) >= 11 is 0. The topological polar surface area (TPSA) is 62.8 Å². The van der Waals surface area contributed by atoms with Crippen LogP contribution in [0.3, 0.4) is 0 Å². The molecule has 24 heavy (non-hydrogen) atoms. The first-order chi connectivity index (χ1) is 11.7. The van der Waals surface area contributed by atoms with Gasteiger partial charge in [-0.15, -0.1) is 0 Å². The number of aryl methyl sites for hydroxylation is 1. The third-order valence-corrected chi connectivity index (χ3v) is 4.03. The molecule has 0 unspecified atom stereocenters. The molecule has 1 aliphatic heterocycles. The van der Waals surface area contributed by atoms with Gasteiger partial charge in [0.25, 0.3) is 0 Å². The van der Waals surface area contributed by atoms with Crippen LogP contribution in [0.4, 0.5) is 10.5 Å². The Kier molecular flexibility index (Phi) is 7.85. The van der Waals surface area contributed by atoms with Crippen LogP contribution in [0.15, 0.2) is 18.2 Å². The van der Waals surface area contributed by atoms with Crippen LogP contribution < -0.4 is 15.4 Å². The van der Waals surface area contributed by atoms with Gasteiger partial charge in [-0.25, -0.2) is 4.79 Å². The number of amides is 2. The van der Waals surface area contributed by atoms with Crippen LogP contribution >= 0.6 is 0 Å². The van der Waals surface area contributed by atoms with Gasteiger partial charge in [0.1, 0.15) is 5.75 Å². The molecule has 1 fully saturated rings. The molecular formula is C18H29N3O3. The summed E-state index contributed by atoms with van der Waals surface area (Å²) in [6, 6.07) is 5.56. The Morgan fingerprint density at radius 3 is 2.83 bits per heavy atom. The van der Waals surface area contributed by atoms with Crippen molar-refractivity contribution in [1.82, 2.24) is 10.2 Å². The zero-order chi connectivity index (χ0) is 17.2. The highest BCUT2D eigenvalue weighted by molar-refractivity contribution is 5.90. The third kappa shape index (κ3) is 6.37. The fourth-order valence-corrected chi connectivity index (χ4v) is 2.52. The van der Waals surface area contributed by atoms with E-state index in [9.17, 15) is 4.79 Å². The van der Waals surface area contributed by atoms with Crippen molar-refractivity contribution in [3.05, 3.63) is 23.8 Å². The summed E-state index contributed by atoms with van der Waals surface area (Å²) in [6.07, 6.45) is 2.16. The SMILES string of the molecule is CCCCOc1ccc(NC(=O)NCCN2CCOCC2)c(C)c1. The minimum atomic E-state index is -0.175. The van der Waals surface area contributed by atoms with Crippen LogP contribution in [0.5, 0.6) is 5.75 Å². The molecular weight excluding hydrogens is 306 g/mol. The molecule has 0 aliphatic carbocycles. The van der Waals surface area contributed by atoms with Crippen molar-refractivity contribution in [2.24, 2.45) is 0 Å². The first-order valence-corrected chi connectivity index (χ1v) is 8.77. The molecule has 1 aromatic rings. The zero-order valence-corrected chi connectivity index (χ0v) is 14.8. The second-order valence-electron chi connectivity index (χ2n) is 6.01. The minimum Gasteiger partial charge on any atom is -0.494 e. The van der Waals surface area contributed by atoms with E-state index in [1.165, 1.54) is 0 Å². The lowest BCUT2D eigenvalue weighted by Crippen LogP contribution is -2.42. The highest BCUT2D eigenvalue weighted by Crippen LogP contribution is 2.21. The fraction of sp³-hybridized carbons (Fsp3) is 0.611. The van der Waals surface area contributed by atoms with E-state index in [1.807, 2.05) is 25.1 Å². The summed E-state index contributed by atoms with van der Waals surface area (Å²) in [5.74, 6) is 0.847. The van der Waals surface area contributed by atoms with Gasteiger partial charge in [0.05, 0.1) is 19.8 Å². The van der Waals surface area contributed by atoms with E-state index >= 15 is 0 Å². The Hall–Kier alpha value is -1.79. The van der Waals surface area contributed by atoms with E-state index in [1.54, 1.807) is 0 Å². The van der Waals surface area contributed by atoms with Gasteiger partial charge >= 0.3 is 6.03 Å². The Morgan fingerprint density at radius 2 is 2.12 bits per heavy atom. The molecule has 6 nitrogen and oxygen atoms in total. The van der Waals surface area contributed by atoms with Gasteiger partial charge in [-0.05, 0) is 37.1 Å². The Balaban J connectivity index is 1.72. The first-order valence-electron chi connectivity index (χ1n) is 8.77. The Morgan fingerprint density at radius 1 is 1.33 bits per heavy atom. The van der Waals surface area contributed by atoms with Gasteiger partial charge in [0.15, 0.2) is 0 Å². The first kappa shape index (κ1) is 18.5. The van der Waals surface area contributed by atoms with E-state index in [-0.39, 0.29) is 6.03 Å². The average Bonchev–Trinajstić information content (AvgIpc) is 2.58. The van der Waals surface area contributed by atoms with Crippen molar-refractivity contribution >= 4 is 11.7 Å². The normalized spacial score (nSPS) is 15.1. The molecule has 2 amide bonds. The molecule has 1 aliphatic rings. The summed E-state index contributed by atoms with van der Waals surface area (Å²) < 4.78 is 11.0. The molecule has 0 radical (unpaired) electrons. The molecule has 1 aromatic carbocycles. The number of anilines is 1.